The Morgan fingerprint density at radius 1 is 1.00 bits per heavy atom. The Labute approximate surface area is 170 Å². The van der Waals surface area contributed by atoms with E-state index in [2.05, 4.69) is 11.8 Å². The Kier molecular flexibility index (Phi) is 5.15. The number of aryl methyl sites for hydroxylation is 1. The second-order valence-electron chi connectivity index (χ2n) is 6.66. The Morgan fingerprint density at radius 2 is 1.72 bits per heavy atom. The number of aromatic nitrogens is 2. The summed E-state index contributed by atoms with van der Waals surface area (Å²) in [5.74, 6) is 5.84. The molecule has 0 amide bonds. The van der Waals surface area contributed by atoms with Crippen LogP contribution < -0.4 is 11.2 Å². The molecule has 6 heteroatoms. The van der Waals surface area contributed by atoms with Gasteiger partial charge in [-0.05, 0) is 30.2 Å². The molecule has 0 fully saturated rings. The van der Waals surface area contributed by atoms with Crippen molar-refractivity contribution < 1.29 is 4.39 Å². The van der Waals surface area contributed by atoms with Crippen molar-refractivity contribution in [3.63, 3.8) is 0 Å². The third-order valence-electron chi connectivity index (χ3n) is 4.60. The average molecular weight is 404 g/mol. The highest BCUT2D eigenvalue weighted by Gasteiger charge is 2.14. The molecule has 4 rings (SSSR count). The van der Waals surface area contributed by atoms with Crippen LogP contribution in [0.2, 0.25) is 0 Å². The van der Waals surface area contributed by atoms with Gasteiger partial charge >= 0.3 is 5.69 Å². The third-order valence-corrected chi connectivity index (χ3v) is 5.72. The highest BCUT2D eigenvalue weighted by atomic mass is 32.1. The minimum absolute atomic E-state index is 0.0899. The Hall–Kier alpha value is -3.43. The molecule has 0 bridgehead atoms. The minimum atomic E-state index is -0.424. The van der Waals surface area contributed by atoms with Gasteiger partial charge in [0.05, 0.1) is 11.4 Å². The molecule has 0 radical (unpaired) electrons. The first-order valence-electron chi connectivity index (χ1n) is 9.06. The third kappa shape index (κ3) is 3.91. The smallest absolute Gasteiger partial charge is 0.269 e. The van der Waals surface area contributed by atoms with Crippen LogP contribution in [0.1, 0.15) is 21.6 Å². The summed E-state index contributed by atoms with van der Waals surface area (Å²) in [4.78, 5) is 26.9. The normalized spacial score (nSPS) is 10.7. The summed E-state index contributed by atoms with van der Waals surface area (Å²) in [5.41, 5.74) is 1.53. The summed E-state index contributed by atoms with van der Waals surface area (Å²) in [7, 11) is 0. The Bertz CT molecular complexity index is 1350. The van der Waals surface area contributed by atoms with Crippen molar-refractivity contribution in [2.75, 3.05) is 0 Å². The molecular formula is C23H17FN2O2S. The van der Waals surface area contributed by atoms with E-state index in [1.807, 2.05) is 30.3 Å². The SMILES string of the molecule is Cc1c(=O)n(Cc2ccc(F)cc2)c(=O)n2cc(C#CCc3ccccc3)sc12. The van der Waals surface area contributed by atoms with Crippen molar-refractivity contribution in [1.82, 2.24) is 8.97 Å². The molecule has 2 aromatic carbocycles. The number of halogens is 1. The predicted molar refractivity (Wildman–Crippen MR) is 113 cm³/mol. The van der Waals surface area contributed by atoms with Crippen LogP contribution in [0.15, 0.2) is 70.4 Å². The number of benzene rings is 2. The molecule has 2 heterocycles. The van der Waals surface area contributed by atoms with Gasteiger partial charge in [-0.25, -0.2) is 9.18 Å². The van der Waals surface area contributed by atoms with E-state index in [-0.39, 0.29) is 17.9 Å². The summed E-state index contributed by atoms with van der Waals surface area (Å²) < 4.78 is 15.8. The summed E-state index contributed by atoms with van der Waals surface area (Å²) >= 11 is 1.33. The van der Waals surface area contributed by atoms with Gasteiger partial charge in [-0.3, -0.25) is 13.8 Å². The van der Waals surface area contributed by atoms with Gasteiger partial charge < -0.3 is 0 Å². The maximum Gasteiger partial charge on any atom is 0.336 e. The standard InChI is InChI=1S/C23H17FN2O2S/c1-16-21(27)25(14-18-10-12-19(24)13-11-18)23(28)26-15-20(29-22(16)26)9-5-8-17-6-3-2-4-7-17/h2-4,6-7,10-13,15H,8,14H2,1H3. The van der Waals surface area contributed by atoms with Gasteiger partial charge in [-0.1, -0.05) is 54.3 Å². The van der Waals surface area contributed by atoms with E-state index in [1.54, 1.807) is 25.3 Å². The van der Waals surface area contributed by atoms with Crippen molar-refractivity contribution in [2.24, 2.45) is 0 Å². The van der Waals surface area contributed by atoms with Crippen LogP contribution in [0.3, 0.4) is 0 Å². The lowest BCUT2D eigenvalue weighted by Crippen LogP contribution is -2.38. The lowest BCUT2D eigenvalue weighted by Gasteiger charge is -2.07. The Balaban J connectivity index is 1.71. The van der Waals surface area contributed by atoms with Gasteiger partial charge in [0, 0.05) is 18.2 Å². The second-order valence-corrected chi connectivity index (χ2v) is 7.69. The molecule has 0 aliphatic carbocycles. The van der Waals surface area contributed by atoms with Crippen LogP contribution in [-0.2, 0) is 13.0 Å². The van der Waals surface area contributed by atoms with Gasteiger partial charge in [-0.15, -0.1) is 11.3 Å². The van der Waals surface area contributed by atoms with E-state index >= 15 is 0 Å². The van der Waals surface area contributed by atoms with Gasteiger partial charge in [-0.2, -0.15) is 0 Å². The van der Waals surface area contributed by atoms with E-state index in [0.29, 0.717) is 22.4 Å². The molecule has 0 saturated carbocycles. The number of nitrogens with zero attached hydrogens (tertiary/aromatic N) is 2. The van der Waals surface area contributed by atoms with Crippen molar-refractivity contribution >= 4 is 16.2 Å². The first-order valence-corrected chi connectivity index (χ1v) is 9.87. The summed E-state index contributed by atoms with van der Waals surface area (Å²) in [5, 5.41) is 0. The largest absolute Gasteiger partial charge is 0.336 e. The fourth-order valence-corrected chi connectivity index (χ4v) is 4.02. The zero-order valence-electron chi connectivity index (χ0n) is 15.7. The van der Waals surface area contributed by atoms with E-state index < -0.39 is 5.69 Å². The van der Waals surface area contributed by atoms with Crippen LogP contribution in [0.5, 0.6) is 0 Å². The monoisotopic (exact) mass is 404 g/mol. The molecule has 29 heavy (non-hydrogen) atoms. The van der Waals surface area contributed by atoms with E-state index in [4.69, 9.17) is 0 Å². The van der Waals surface area contributed by atoms with Crippen molar-refractivity contribution in [2.45, 2.75) is 19.9 Å². The summed E-state index contributed by atoms with van der Waals surface area (Å²) in [6, 6.07) is 15.7. The second kappa shape index (κ2) is 7.90. The molecule has 4 nitrogen and oxygen atoms in total. The van der Waals surface area contributed by atoms with E-state index in [9.17, 15) is 14.0 Å². The molecule has 0 aliphatic rings. The minimum Gasteiger partial charge on any atom is -0.269 e. The number of rotatable bonds is 3. The number of hydrogen-bond donors (Lipinski definition) is 0. The van der Waals surface area contributed by atoms with Gasteiger partial charge in [0.25, 0.3) is 5.56 Å². The highest BCUT2D eigenvalue weighted by Crippen LogP contribution is 2.17. The molecule has 0 saturated heterocycles. The van der Waals surface area contributed by atoms with E-state index in [1.165, 1.54) is 32.4 Å². The highest BCUT2D eigenvalue weighted by molar-refractivity contribution is 7.18. The molecule has 0 atom stereocenters. The molecule has 144 valence electrons. The zero-order valence-corrected chi connectivity index (χ0v) is 16.5. The van der Waals surface area contributed by atoms with Crippen molar-refractivity contribution in [1.29, 1.82) is 0 Å². The van der Waals surface area contributed by atoms with Crippen LogP contribution >= 0.6 is 11.3 Å². The van der Waals surface area contributed by atoms with Crippen LogP contribution in [0.25, 0.3) is 4.83 Å². The van der Waals surface area contributed by atoms with Crippen molar-refractivity contribution in [3.8, 4) is 11.8 Å². The molecule has 0 aliphatic heterocycles. The van der Waals surface area contributed by atoms with Gasteiger partial charge in [0.15, 0.2) is 0 Å². The topological polar surface area (TPSA) is 43.5 Å². The quantitative estimate of drug-likeness (QED) is 0.490. The van der Waals surface area contributed by atoms with Crippen LogP contribution in [0, 0.1) is 24.6 Å². The fraction of sp³-hybridized carbons (Fsp3) is 0.130. The number of thiazole rings is 1. The maximum absolute atomic E-state index is 13.1. The van der Waals surface area contributed by atoms with Crippen LogP contribution in [0.4, 0.5) is 4.39 Å². The lowest BCUT2D eigenvalue weighted by molar-refractivity contribution is 0.624. The maximum atomic E-state index is 13.1. The molecule has 0 unspecified atom stereocenters. The molecule has 0 N–H and O–H groups in total. The molecular weight excluding hydrogens is 387 g/mol. The Morgan fingerprint density at radius 3 is 2.45 bits per heavy atom. The fourth-order valence-electron chi connectivity index (χ4n) is 3.06. The zero-order chi connectivity index (χ0) is 20.4. The molecule has 0 spiro atoms. The van der Waals surface area contributed by atoms with Crippen LogP contribution in [-0.4, -0.2) is 8.97 Å². The number of fused-ring (bicyclic) bond motifs is 1. The summed E-state index contributed by atoms with van der Waals surface area (Å²) in [6.45, 7) is 1.79. The predicted octanol–water partition coefficient (Wildman–Crippen LogP) is 3.61. The van der Waals surface area contributed by atoms with Crippen molar-refractivity contribution in [3.05, 3.63) is 109 Å². The van der Waals surface area contributed by atoms with E-state index in [0.717, 1.165) is 10.4 Å². The lowest BCUT2D eigenvalue weighted by atomic mass is 10.2. The van der Waals surface area contributed by atoms with Gasteiger partial charge in [0.1, 0.15) is 10.6 Å². The first kappa shape index (κ1) is 18.9. The average Bonchev–Trinajstić information content (AvgIpc) is 3.16. The summed E-state index contributed by atoms with van der Waals surface area (Å²) in [6.07, 6.45) is 2.29. The molecule has 4 aromatic rings. The number of hydrogen-bond acceptors (Lipinski definition) is 3. The van der Waals surface area contributed by atoms with Gasteiger partial charge in [0.2, 0.25) is 0 Å². The molecule has 2 aromatic heterocycles. The first-order chi connectivity index (χ1) is 14.0.